The number of Topliss-reactive ketones (excluding diaryl/α,β-unsaturated/α-hetero) is 1. The number of ether oxygens (including phenoxy) is 1. The standard InChI is InChI=1S/C18H20N4O4S/c1-10-14(17(24)25-4)11(2)20-15(10)16(23)12(3)27-18-21-19-9-22(18)8-13-6-5-7-26-13/h5-7,9,12,20H,8H2,1-4H3. The van der Waals surface area contributed by atoms with Crippen LogP contribution in [-0.2, 0) is 11.3 Å². The van der Waals surface area contributed by atoms with Crippen LogP contribution in [0.1, 0.15) is 44.8 Å². The first-order chi connectivity index (χ1) is 12.9. The van der Waals surface area contributed by atoms with Gasteiger partial charge in [0.05, 0.1) is 36.4 Å². The van der Waals surface area contributed by atoms with Crippen LogP contribution in [-0.4, -0.2) is 43.9 Å². The molecular weight excluding hydrogens is 368 g/mol. The van der Waals surface area contributed by atoms with E-state index in [4.69, 9.17) is 9.15 Å². The summed E-state index contributed by atoms with van der Waals surface area (Å²) in [6, 6.07) is 3.68. The van der Waals surface area contributed by atoms with E-state index in [1.165, 1.54) is 18.9 Å². The number of aromatic nitrogens is 4. The summed E-state index contributed by atoms with van der Waals surface area (Å²) in [6.07, 6.45) is 3.20. The van der Waals surface area contributed by atoms with Crippen molar-refractivity contribution in [3.8, 4) is 0 Å². The largest absolute Gasteiger partial charge is 0.467 e. The molecule has 0 aliphatic carbocycles. The van der Waals surface area contributed by atoms with Gasteiger partial charge in [-0.25, -0.2) is 4.79 Å². The first-order valence-corrected chi connectivity index (χ1v) is 9.18. The number of esters is 1. The van der Waals surface area contributed by atoms with E-state index < -0.39 is 11.2 Å². The molecule has 0 fully saturated rings. The van der Waals surface area contributed by atoms with Gasteiger partial charge in [0.1, 0.15) is 12.1 Å². The second-order valence-electron chi connectivity index (χ2n) is 6.06. The summed E-state index contributed by atoms with van der Waals surface area (Å²) in [6.45, 7) is 5.76. The van der Waals surface area contributed by atoms with E-state index in [1.54, 1.807) is 33.4 Å². The number of hydrogen-bond donors (Lipinski definition) is 1. The lowest BCUT2D eigenvalue weighted by Crippen LogP contribution is -2.16. The Kier molecular flexibility index (Phi) is 5.50. The zero-order chi connectivity index (χ0) is 19.6. The molecule has 0 amide bonds. The predicted octanol–water partition coefficient (Wildman–Crippen LogP) is 3.01. The molecule has 0 bridgehead atoms. The minimum atomic E-state index is -0.459. The number of thioether (sulfide) groups is 1. The number of hydrogen-bond acceptors (Lipinski definition) is 7. The summed E-state index contributed by atoms with van der Waals surface area (Å²) in [5.74, 6) is 0.191. The van der Waals surface area contributed by atoms with Crippen molar-refractivity contribution in [3.05, 3.63) is 53.0 Å². The number of carbonyl (C=O) groups excluding carboxylic acids is 2. The molecule has 142 valence electrons. The van der Waals surface area contributed by atoms with Crippen LogP contribution in [0, 0.1) is 13.8 Å². The van der Waals surface area contributed by atoms with Gasteiger partial charge in [-0.05, 0) is 38.5 Å². The van der Waals surface area contributed by atoms with Crippen LogP contribution < -0.4 is 0 Å². The summed E-state index contributed by atoms with van der Waals surface area (Å²) in [5.41, 5.74) is 2.01. The van der Waals surface area contributed by atoms with Gasteiger partial charge in [-0.3, -0.25) is 4.79 Å². The summed E-state index contributed by atoms with van der Waals surface area (Å²) in [7, 11) is 1.32. The molecule has 9 heteroatoms. The smallest absolute Gasteiger partial charge is 0.339 e. The third kappa shape index (κ3) is 3.82. The molecule has 0 aliphatic heterocycles. The monoisotopic (exact) mass is 388 g/mol. The third-order valence-electron chi connectivity index (χ3n) is 4.21. The second kappa shape index (κ2) is 7.83. The molecule has 8 nitrogen and oxygen atoms in total. The quantitative estimate of drug-likeness (QED) is 0.377. The Morgan fingerprint density at radius 2 is 2.19 bits per heavy atom. The number of carbonyl (C=O) groups is 2. The van der Waals surface area contributed by atoms with E-state index in [1.807, 2.05) is 16.7 Å². The fourth-order valence-corrected chi connectivity index (χ4v) is 3.72. The van der Waals surface area contributed by atoms with Crippen molar-refractivity contribution in [2.75, 3.05) is 7.11 Å². The summed E-state index contributed by atoms with van der Waals surface area (Å²) in [5, 5.41) is 8.21. The highest BCUT2D eigenvalue weighted by Gasteiger charge is 2.27. The Bertz CT molecular complexity index is 958. The van der Waals surface area contributed by atoms with Crippen molar-refractivity contribution in [1.29, 1.82) is 0 Å². The SMILES string of the molecule is COC(=O)c1c(C)[nH]c(C(=O)C(C)Sc2nncn2Cc2ccco2)c1C. The molecule has 3 rings (SSSR count). The normalized spacial score (nSPS) is 12.1. The van der Waals surface area contributed by atoms with Gasteiger partial charge in [0.25, 0.3) is 0 Å². The number of furan rings is 1. The van der Waals surface area contributed by atoms with E-state index >= 15 is 0 Å². The van der Waals surface area contributed by atoms with Crippen LogP contribution in [0.3, 0.4) is 0 Å². The summed E-state index contributed by atoms with van der Waals surface area (Å²) >= 11 is 1.30. The minimum absolute atomic E-state index is 0.122. The van der Waals surface area contributed by atoms with E-state index in [-0.39, 0.29) is 5.78 Å². The van der Waals surface area contributed by atoms with Crippen molar-refractivity contribution in [2.24, 2.45) is 0 Å². The van der Waals surface area contributed by atoms with E-state index in [2.05, 4.69) is 15.2 Å². The molecule has 0 spiro atoms. The molecule has 3 aromatic rings. The van der Waals surface area contributed by atoms with Crippen molar-refractivity contribution >= 4 is 23.5 Å². The number of ketones is 1. The Morgan fingerprint density at radius 1 is 1.41 bits per heavy atom. The van der Waals surface area contributed by atoms with Gasteiger partial charge in [-0.1, -0.05) is 11.8 Å². The van der Waals surface area contributed by atoms with Crippen LogP contribution >= 0.6 is 11.8 Å². The van der Waals surface area contributed by atoms with Gasteiger partial charge in [-0.2, -0.15) is 0 Å². The molecule has 3 heterocycles. The molecule has 0 radical (unpaired) electrons. The molecule has 1 N–H and O–H groups in total. The lowest BCUT2D eigenvalue weighted by molar-refractivity contribution is 0.0599. The van der Waals surface area contributed by atoms with E-state index in [0.717, 1.165) is 5.76 Å². The molecular formula is C18H20N4O4S. The van der Waals surface area contributed by atoms with Crippen molar-refractivity contribution in [2.45, 2.75) is 37.7 Å². The van der Waals surface area contributed by atoms with Crippen LogP contribution in [0.5, 0.6) is 0 Å². The van der Waals surface area contributed by atoms with Crippen molar-refractivity contribution in [1.82, 2.24) is 19.7 Å². The Morgan fingerprint density at radius 3 is 2.85 bits per heavy atom. The molecule has 1 atom stereocenters. The van der Waals surface area contributed by atoms with Gasteiger partial charge in [0, 0.05) is 5.69 Å². The number of methoxy groups -OCH3 is 1. The summed E-state index contributed by atoms with van der Waals surface area (Å²) < 4.78 is 12.0. The molecule has 0 saturated heterocycles. The lowest BCUT2D eigenvalue weighted by Gasteiger charge is -2.10. The number of nitrogens with one attached hydrogen (secondary N) is 1. The molecule has 27 heavy (non-hydrogen) atoms. The van der Waals surface area contributed by atoms with Gasteiger partial charge < -0.3 is 18.7 Å². The van der Waals surface area contributed by atoms with Crippen molar-refractivity contribution < 1.29 is 18.7 Å². The number of H-pyrrole nitrogens is 1. The molecule has 0 saturated carbocycles. The highest BCUT2D eigenvalue weighted by molar-refractivity contribution is 8.00. The highest BCUT2D eigenvalue weighted by atomic mass is 32.2. The number of rotatable bonds is 7. The zero-order valence-corrected chi connectivity index (χ0v) is 16.3. The van der Waals surface area contributed by atoms with E-state index in [9.17, 15) is 9.59 Å². The first kappa shape index (κ1) is 19.0. The molecule has 1 unspecified atom stereocenters. The van der Waals surface area contributed by atoms with Gasteiger partial charge in [0.2, 0.25) is 0 Å². The maximum Gasteiger partial charge on any atom is 0.339 e. The third-order valence-corrected chi connectivity index (χ3v) is 5.31. The average Bonchev–Trinajstić information content (AvgIpc) is 3.37. The van der Waals surface area contributed by atoms with Crippen LogP contribution in [0.4, 0.5) is 0 Å². The molecule has 0 aliphatic rings. The lowest BCUT2D eigenvalue weighted by atomic mass is 10.1. The van der Waals surface area contributed by atoms with Gasteiger partial charge in [0.15, 0.2) is 10.9 Å². The fraction of sp³-hybridized carbons (Fsp3) is 0.333. The Hall–Kier alpha value is -2.81. The second-order valence-corrected chi connectivity index (χ2v) is 7.37. The predicted molar refractivity (Wildman–Crippen MR) is 99.1 cm³/mol. The maximum atomic E-state index is 12.9. The minimum Gasteiger partial charge on any atom is -0.467 e. The fourth-order valence-electron chi connectivity index (χ4n) is 2.83. The first-order valence-electron chi connectivity index (χ1n) is 8.31. The average molecular weight is 388 g/mol. The number of aryl methyl sites for hydroxylation is 1. The van der Waals surface area contributed by atoms with Gasteiger partial charge in [-0.15, -0.1) is 10.2 Å². The van der Waals surface area contributed by atoms with E-state index in [0.29, 0.717) is 34.2 Å². The van der Waals surface area contributed by atoms with Crippen molar-refractivity contribution in [3.63, 3.8) is 0 Å². The van der Waals surface area contributed by atoms with Gasteiger partial charge >= 0.3 is 5.97 Å². The Labute approximate surface area is 160 Å². The highest BCUT2D eigenvalue weighted by Crippen LogP contribution is 2.27. The zero-order valence-electron chi connectivity index (χ0n) is 15.5. The summed E-state index contributed by atoms with van der Waals surface area (Å²) in [4.78, 5) is 27.9. The molecule has 3 aromatic heterocycles. The number of aromatic amines is 1. The molecule has 0 aromatic carbocycles. The van der Waals surface area contributed by atoms with Crippen LogP contribution in [0.25, 0.3) is 0 Å². The Balaban J connectivity index is 1.78. The maximum absolute atomic E-state index is 12.9. The number of nitrogens with zero attached hydrogens (tertiary/aromatic N) is 3. The van der Waals surface area contributed by atoms with Crippen LogP contribution in [0.2, 0.25) is 0 Å². The topological polar surface area (TPSA) is 103 Å². The van der Waals surface area contributed by atoms with Crippen LogP contribution in [0.15, 0.2) is 34.3 Å².